The quantitative estimate of drug-likeness (QED) is 0.427. The van der Waals surface area contributed by atoms with Crippen molar-refractivity contribution in [2.45, 2.75) is 25.1 Å². The third-order valence-corrected chi connectivity index (χ3v) is 5.04. The van der Waals surface area contributed by atoms with Gasteiger partial charge in [0.25, 0.3) is 0 Å². The first kappa shape index (κ1) is 21.8. The molecule has 0 bridgehead atoms. The lowest BCUT2D eigenvalue weighted by atomic mass is 10.0. The Balaban J connectivity index is 1.68. The molecule has 5 heteroatoms. The fourth-order valence-electron chi connectivity index (χ4n) is 3.43. The summed E-state index contributed by atoms with van der Waals surface area (Å²) in [4.78, 5) is 2.12. The summed E-state index contributed by atoms with van der Waals surface area (Å²) in [6, 6.07) is 27.1. The molecule has 4 N–H and O–H groups in total. The van der Waals surface area contributed by atoms with Crippen LogP contribution < -0.4 is 10.5 Å². The highest BCUT2D eigenvalue weighted by Gasteiger charge is 2.22. The maximum atomic E-state index is 10.6. The van der Waals surface area contributed by atoms with Crippen molar-refractivity contribution in [2.24, 2.45) is 0 Å². The van der Waals surface area contributed by atoms with E-state index in [1.54, 1.807) is 0 Å². The Kier molecular flexibility index (Phi) is 8.27. The average Bonchev–Trinajstić information content (AvgIpc) is 2.78. The van der Waals surface area contributed by atoms with Crippen LogP contribution in [0.15, 0.2) is 84.9 Å². The first-order valence-electron chi connectivity index (χ1n) is 10.2. The Hall–Kier alpha value is -2.86. The average molecular weight is 407 g/mol. The summed E-state index contributed by atoms with van der Waals surface area (Å²) in [5.74, 6) is 0.728. The maximum Gasteiger partial charge on any atom is 0.119 e. The van der Waals surface area contributed by atoms with Crippen LogP contribution >= 0.6 is 0 Å². The summed E-state index contributed by atoms with van der Waals surface area (Å²) in [6.45, 7) is 1.20. The first-order chi connectivity index (χ1) is 14.6. The lowest BCUT2D eigenvalue weighted by molar-refractivity contribution is 0.0335. The van der Waals surface area contributed by atoms with Gasteiger partial charge in [-0.2, -0.15) is 0 Å². The van der Waals surface area contributed by atoms with Gasteiger partial charge in [-0.1, -0.05) is 60.7 Å². The van der Waals surface area contributed by atoms with Crippen LogP contribution in [0.4, 0.5) is 5.69 Å². The van der Waals surface area contributed by atoms with E-state index in [-0.39, 0.29) is 19.3 Å². The molecule has 0 fully saturated rings. The zero-order valence-corrected chi connectivity index (χ0v) is 17.1. The van der Waals surface area contributed by atoms with Crippen LogP contribution in [-0.4, -0.2) is 47.0 Å². The van der Waals surface area contributed by atoms with Crippen molar-refractivity contribution in [1.29, 1.82) is 0 Å². The molecule has 0 radical (unpaired) electrons. The van der Waals surface area contributed by atoms with E-state index < -0.39 is 6.10 Å². The number of hydrogen-bond acceptors (Lipinski definition) is 5. The van der Waals surface area contributed by atoms with E-state index in [0.717, 1.165) is 16.9 Å². The van der Waals surface area contributed by atoms with Crippen LogP contribution in [0.25, 0.3) is 0 Å². The fraction of sp³-hybridized carbons (Fsp3) is 0.280. The monoisotopic (exact) mass is 406 g/mol. The second-order valence-corrected chi connectivity index (χ2v) is 7.48. The van der Waals surface area contributed by atoms with Gasteiger partial charge in [0, 0.05) is 24.8 Å². The van der Waals surface area contributed by atoms with E-state index in [0.29, 0.717) is 25.2 Å². The molecule has 0 saturated heterocycles. The number of benzene rings is 3. The number of nitrogen functional groups attached to an aromatic ring is 1. The van der Waals surface area contributed by atoms with Gasteiger partial charge in [0.2, 0.25) is 0 Å². The SMILES string of the molecule is Nc1ccc(CC(CO)N(Cc2ccccc2)C[C@H](O)COc2ccccc2)cc1. The molecule has 0 aromatic heterocycles. The van der Waals surface area contributed by atoms with E-state index in [1.807, 2.05) is 72.8 Å². The van der Waals surface area contributed by atoms with Gasteiger partial charge in [0.05, 0.1) is 6.61 Å². The Morgan fingerprint density at radius 3 is 2.10 bits per heavy atom. The van der Waals surface area contributed by atoms with Gasteiger partial charge in [0.1, 0.15) is 18.5 Å². The molecule has 30 heavy (non-hydrogen) atoms. The molecule has 0 aliphatic heterocycles. The van der Waals surface area contributed by atoms with Gasteiger partial charge in [-0.15, -0.1) is 0 Å². The number of nitrogens with two attached hydrogens (primary N) is 1. The zero-order chi connectivity index (χ0) is 21.2. The van der Waals surface area contributed by atoms with Crippen molar-refractivity contribution in [3.05, 3.63) is 96.1 Å². The number of aliphatic hydroxyl groups is 2. The Labute approximate surface area is 178 Å². The second kappa shape index (κ2) is 11.4. The molecule has 3 rings (SSSR count). The molecule has 0 aliphatic rings. The zero-order valence-electron chi connectivity index (χ0n) is 17.1. The summed E-state index contributed by atoms with van der Waals surface area (Å²) < 4.78 is 5.71. The smallest absolute Gasteiger partial charge is 0.119 e. The van der Waals surface area contributed by atoms with Gasteiger partial charge in [-0.05, 0) is 41.8 Å². The van der Waals surface area contributed by atoms with E-state index in [4.69, 9.17) is 10.5 Å². The molecule has 0 saturated carbocycles. The molecule has 0 heterocycles. The maximum absolute atomic E-state index is 10.6. The van der Waals surface area contributed by atoms with Crippen molar-refractivity contribution >= 4 is 5.69 Å². The van der Waals surface area contributed by atoms with Crippen LogP contribution in [0, 0.1) is 0 Å². The highest BCUT2D eigenvalue weighted by atomic mass is 16.5. The lowest BCUT2D eigenvalue weighted by Crippen LogP contribution is -2.44. The molecular formula is C25H30N2O3. The molecular weight excluding hydrogens is 376 g/mol. The minimum absolute atomic E-state index is 0.0104. The summed E-state index contributed by atoms with van der Waals surface area (Å²) in [5, 5.41) is 20.8. The standard InChI is InChI=1S/C25H30N2O3/c26-22-13-11-20(12-14-22)15-23(18-28)27(16-21-7-3-1-4-8-21)17-24(29)19-30-25-9-5-2-6-10-25/h1-14,23-24,28-29H,15-19,26H2/t23?,24-/m0/s1. The van der Waals surface area contributed by atoms with Gasteiger partial charge < -0.3 is 20.7 Å². The molecule has 0 amide bonds. The molecule has 1 unspecified atom stereocenters. The summed E-state index contributed by atoms with van der Waals surface area (Å²) in [7, 11) is 0. The third-order valence-electron chi connectivity index (χ3n) is 5.04. The predicted octanol–water partition coefficient (Wildman–Crippen LogP) is 3.11. The van der Waals surface area contributed by atoms with Gasteiger partial charge in [-0.25, -0.2) is 0 Å². The Morgan fingerprint density at radius 1 is 0.833 bits per heavy atom. The van der Waals surface area contributed by atoms with Crippen LogP contribution in [0.1, 0.15) is 11.1 Å². The molecule has 0 spiro atoms. The van der Waals surface area contributed by atoms with Crippen LogP contribution in [0.5, 0.6) is 5.75 Å². The number of aliphatic hydroxyl groups excluding tert-OH is 2. The largest absolute Gasteiger partial charge is 0.491 e. The van der Waals surface area contributed by atoms with Gasteiger partial charge in [0.15, 0.2) is 0 Å². The molecule has 0 aliphatic carbocycles. The molecule has 3 aromatic rings. The van der Waals surface area contributed by atoms with Gasteiger partial charge in [-0.3, -0.25) is 4.90 Å². The number of nitrogens with zero attached hydrogens (tertiary/aromatic N) is 1. The fourth-order valence-corrected chi connectivity index (χ4v) is 3.43. The van der Waals surface area contributed by atoms with Crippen LogP contribution in [0.2, 0.25) is 0 Å². The van der Waals surface area contributed by atoms with E-state index in [1.165, 1.54) is 0 Å². The van der Waals surface area contributed by atoms with Gasteiger partial charge >= 0.3 is 0 Å². The highest BCUT2D eigenvalue weighted by Crippen LogP contribution is 2.16. The second-order valence-electron chi connectivity index (χ2n) is 7.48. The minimum Gasteiger partial charge on any atom is -0.491 e. The molecule has 158 valence electrons. The number of para-hydroxylation sites is 1. The van der Waals surface area contributed by atoms with Crippen LogP contribution in [0.3, 0.4) is 0 Å². The van der Waals surface area contributed by atoms with E-state index in [9.17, 15) is 10.2 Å². The molecule has 2 atom stereocenters. The Bertz CT molecular complexity index is 857. The van der Waals surface area contributed by atoms with Crippen molar-refractivity contribution in [3.8, 4) is 5.75 Å². The minimum atomic E-state index is -0.686. The number of anilines is 1. The normalized spacial score (nSPS) is 13.2. The van der Waals surface area contributed by atoms with Crippen molar-refractivity contribution in [3.63, 3.8) is 0 Å². The Morgan fingerprint density at radius 2 is 1.47 bits per heavy atom. The molecule has 5 nitrogen and oxygen atoms in total. The van der Waals surface area contributed by atoms with E-state index in [2.05, 4.69) is 17.0 Å². The number of rotatable bonds is 11. The number of ether oxygens (including phenoxy) is 1. The summed E-state index contributed by atoms with van der Waals surface area (Å²) in [5.41, 5.74) is 8.73. The van der Waals surface area contributed by atoms with Crippen molar-refractivity contribution in [2.75, 3.05) is 25.5 Å². The predicted molar refractivity (Wildman–Crippen MR) is 120 cm³/mol. The summed E-state index contributed by atoms with van der Waals surface area (Å²) >= 11 is 0. The van der Waals surface area contributed by atoms with Crippen molar-refractivity contribution < 1.29 is 14.9 Å². The van der Waals surface area contributed by atoms with E-state index >= 15 is 0 Å². The number of hydrogen-bond donors (Lipinski definition) is 3. The van der Waals surface area contributed by atoms with Crippen molar-refractivity contribution in [1.82, 2.24) is 4.90 Å². The summed E-state index contributed by atoms with van der Waals surface area (Å²) in [6.07, 6.45) is -0.0232. The first-order valence-corrected chi connectivity index (χ1v) is 10.2. The third kappa shape index (κ3) is 6.88. The molecule has 3 aromatic carbocycles. The topological polar surface area (TPSA) is 79.0 Å². The highest BCUT2D eigenvalue weighted by molar-refractivity contribution is 5.39. The van der Waals surface area contributed by atoms with Crippen LogP contribution in [-0.2, 0) is 13.0 Å². The lowest BCUT2D eigenvalue weighted by Gasteiger charge is -2.32.